The molecule has 11 aromatic carbocycles. The van der Waals surface area contributed by atoms with Crippen LogP contribution in [-0.4, -0.2) is 0 Å². The van der Waals surface area contributed by atoms with Gasteiger partial charge in [0.15, 0.2) is 0 Å². The molecule has 2 heteroatoms. The normalized spacial score (nSPS) is 12.5. The zero-order chi connectivity index (χ0) is 44.5. The second-order valence-corrected chi connectivity index (χ2v) is 15.7. The number of rotatable bonds is 7. The first kappa shape index (κ1) is 31.7. The Labute approximate surface area is 365 Å². The Morgan fingerprint density at radius 1 is 0.323 bits per heavy atom. The third kappa shape index (κ3) is 6.12. The standard InChI is InChI=1S/C60H39NO/c1-3-15-50-42(11-1)13-9-19-52(50)44-25-23-40(24-26-44)41-27-33-48(34-28-41)61(49-35-29-45(30-36-49)53-20-10-14-43-12-2-4-16-51(43)53)58-21-7-5-17-54(58)46-31-37-55-47(39-46)32-38-57-56-18-6-8-22-59(56)62-60(55)57/h1-39H/i27D,28D,33D,34D. The summed E-state index contributed by atoms with van der Waals surface area (Å²) in [6, 6.07) is 71.3. The summed E-state index contributed by atoms with van der Waals surface area (Å²) < 4.78 is 45.0. The molecule has 0 N–H and O–H groups in total. The van der Waals surface area contributed by atoms with Crippen molar-refractivity contribution in [1.82, 2.24) is 0 Å². The van der Waals surface area contributed by atoms with Gasteiger partial charge in [0.2, 0.25) is 0 Å². The molecular weight excluding hydrogens is 751 g/mol. The molecule has 0 aliphatic carbocycles. The van der Waals surface area contributed by atoms with E-state index in [2.05, 4.69) is 115 Å². The molecule has 12 aromatic rings. The molecular formula is C60H39NO. The molecule has 0 spiro atoms. The molecule has 12 rings (SSSR count). The van der Waals surface area contributed by atoms with E-state index < -0.39 is 0 Å². The van der Waals surface area contributed by atoms with Gasteiger partial charge in [0.25, 0.3) is 0 Å². The number of fused-ring (bicyclic) bond motifs is 7. The molecule has 0 fully saturated rings. The zero-order valence-electron chi connectivity index (χ0n) is 37.6. The highest BCUT2D eigenvalue weighted by Crippen LogP contribution is 2.44. The van der Waals surface area contributed by atoms with Gasteiger partial charge in [-0.1, -0.05) is 182 Å². The second-order valence-electron chi connectivity index (χ2n) is 15.7. The van der Waals surface area contributed by atoms with E-state index in [9.17, 15) is 5.48 Å². The van der Waals surface area contributed by atoms with Crippen LogP contribution in [0.2, 0.25) is 0 Å². The summed E-state index contributed by atoms with van der Waals surface area (Å²) in [4.78, 5) is 1.89. The van der Waals surface area contributed by atoms with Crippen LogP contribution in [0, 0.1) is 0 Å². The van der Waals surface area contributed by atoms with Crippen LogP contribution in [0.25, 0.3) is 98.8 Å². The third-order valence-corrected chi connectivity index (χ3v) is 12.2. The van der Waals surface area contributed by atoms with Crippen molar-refractivity contribution in [1.29, 1.82) is 0 Å². The number of hydrogen-bond acceptors (Lipinski definition) is 2. The van der Waals surface area contributed by atoms with Crippen LogP contribution in [-0.2, 0) is 0 Å². The maximum atomic E-state index is 9.75. The van der Waals surface area contributed by atoms with Gasteiger partial charge in [0, 0.05) is 33.1 Å². The van der Waals surface area contributed by atoms with Gasteiger partial charge in [0.1, 0.15) is 11.2 Å². The van der Waals surface area contributed by atoms with Crippen molar-refractivity contribution >= 4 is 71.3 Å². The molecule has 0 bridgehead atoms. The molecule has 290 valence electrons. The van der Waals surface area contributed by atoms with Crippen LogP contribution >= 0.6 is 0 Å². The second kappa shape index (κ2) is 14.8. The van der Waals surface area contributed by atoms with Crippen molar-refractivity contribution in [3.8, 4) is 44.5 Å². The van der Waals surface area contributed by atoms with E-state index in [0.717, 1.165) is 87.6 Å². The minimum atomic E-state index is -0.136. The van der Waals surface area contributed by atoms with E-state index in [1.54, 1.807) is 0 Å². The zero-order valence-corrected chi connectivity index (χ0v) is 33.6. The summed E-state index contributed by atoms with van der Waals surface area (Å²) in [7, 11) is 0. The molecule has 1 heterocycles. The maximum absolute atomic E-state index is 9.75. The highest BCUT2D eigenvalue weighted by molar-refractivity contribution is 6.15. The molecule has 0 unspecified atom stereocenters. The van der Waals surface area contributed by atoms with Gasteiger partial charge in [-0.3, -0.25) is 0 Å². The molecule has 62 heavy (non-hydrogen) atoms. The summed E-state index contributed by atoms with van der Waals surface area (Å²) >= 11 is 0. The van der Waals surface area contributed by atoms with E-state index in [1.165, 1.54) is 0 Å². The van der Waals surface area contributed by atoms with Crippen molar-refractivity contribution in [2.75, 3.05) is 4.90 Å². The molecule has 0 radical (unpaired) electrons. The third-order valence-electron chi connectivity index (χ3n) is 12.2. The fourth-order valence-corrected chi connectivity index (χ4v) is 9.10. The SMILES string of the molecule is [2H]c1c([2H])c(N(c2ccc(-c3cccc4ccccc34)cc2)c2ccccc2-c2ccc3c(ccc4c5ccccc5oc34)c2)c([2H])c([2H])c1-c1ccc(-c2cccc3ccccc23)cc1. The smallest absolute Gasteiger partial charge is 0.143 e. The van der Waals surface area contributed by atoms with E-state index in [0.29, 0.717) is 16.9 Å². The van der Waals surface area contributed by atoms with Crippen molar-refractivity contribution in [3.05, 3.63) is 236 Å². The van der Waals surface area contributed by atoms with E-state index in [1.807, 2.05) is 102 Å². The Balaban J connectivity index is 1.01. The quantitative estimate of drug-likeness (QED) is 0.160. The Morgan fingerprint density at radius 3 is 1.56 bits per heavy atom. The monoisotopic (exact) mass is 793 g/mol. The Morgan fingerprint density at radius 2 is 0.855 bits per heavy atom. The largest absolute Gasteiger partial charge is 0.455 e. The van der Waals surface area contributed by atoms with Gasteiger partial charge in [0.05, 0.1) is 11.2 Å². The van der Waals surface area contributed by atoms with Crippen LogP contribution in [0.15, 0.2) is 241 Å². The summed E-state index contributed by atoms with van der Waals surface area (Å²) in [5.74, 6) is 0. The van der Waals surface area contributed by atoms with Gasteiger partial charge in [-0.15, -0.1) is 0 Å². The van der Waals surface area contributed by atoms with Gasteiger partial charge < -0.3 is 9.32 Å². The fraction of sp³-hybridized carbons (Fsp3) is 0. The molecule has 0 saturated carbocycles. The highest BCUT2D eigenvalue weighted by atomic mass is 16.3. The summed E-state index contributed by atoms with van der Waals surface area (Å²) in [5.41, 5.74) is 10.2. The van der Waals surface area contributed by atoms with Gasteiger partial charge >= 0.3 is 0 Å². The van der Waals surface area contributed by atoms with Crippen LogP contribution in [0.3, 0.4) is 0 Å². The van der Waals surface area contributed by atoms with E-state index in [4.69, 9.17) is 4.42 Å². The van der Waals surface area contributed by atoms with Crippen molar-refractivity contribution < 1.29 is 9.90 Å². The predicted molar refractivity (Wildman–Crippen MR) is 263 cm³/mol. The van der Waals surface area contributed by atoms with E-state index >= 15 is 0 Å². The number of anilines is 3. The Bertz CT molecular complexity index is 3830. The molecule has 0 atom stereocenters. The van der Waals surface area contributed by atoms with Crippen LogP contribution in [0.5, 0.6) is 0 Å². The highest BCUT2D eigenvalue weighted by Gasteiger charge is 2.19. The average molecular weight is 794 g/mol. The van der Waals surface area contributed by atoms with Gasteiger partial charge in [-0.2, -0.15) is 0 Å². The van der Waals surface area contributed by atoms with Crippen LogP contribution in [0.4, 0.5) is 17.1 Å². The lowest BCUT2D eigenvalue weighted by atomic mass is 9.96. The van der Waals surface area contributed by atoms with Gasteiger partial charge in [-0.25, -0.2) is 0 Å². The molecule has 0 aliphatic rings. The molecule has 0 saturated heterocycles. The summed E-state index contributed by atoms with van der Waals surface area (Å²) in [5, 5.41) is 8.75. The fourth-order valence-electron chi connectivity index (χ4n) is 9.10. The van der Waals surface area contributed by atoms with Crippen molar-refractivity contribution in [2.45, 2.75) is 0 Å². The van der Waals surface area contributed by atoms with Crippen molar-refractivity contribution in [2.24, 2.45) is 0 Å². The van der Waals surface area contributed by atoms with E-state index in [-0.39, 0.29) is 35.4 Å². The number of hydrogen-bond donors (Lipinski definition) is 0. The first-order chi connectivity index (χ1) is 32.4. The lowest BCUT2D eigenvalue weighted by Crippen LogP contribution is -2.11. The molecule has 2 nitrogen and oxygen atoms in total. The topological polar surface area (TPSA) is 16.4 Å². The summed E-state index contributed by atoms with van der Waals surface area (Å²) in [6.45, 7) is 0. The maximum Gasteiger partial charge on any atom is 0.143 e. The number of furan rings is 1. The van der Waals surface area contributed by atoms with Crippen LogP contribution in [0.1, 0.15) is 5.48 Å². The minimum absolute atomic E-state index is 0.112. The minimum Gasteiger partial charge on any atom is -0.455 e. The molecule has 0 amide bonds. The predicted octanol–water partition coefficient (Wildman–Crippen LogP) is 17.2. The number of nitrogens with zero attached hydrogens (tertiary/aromatic N) is 1. The average Bonchev–Trinajstić information content (AvgIpc) is 3.76. The Kier molecular flexibility index (Phi) is 7.57. The lowest BCUT2D eigenvalue weighted by molar-refractivity contribution is 0.672. The van der Waals surface area contributed by atoms with Crippen molar-refractivity contribution in [3.63, 3.8) is 0 Å². The lowest BCUT2D eigenvalue weighted by Gasteiger charge is -2.28. The van der Waals surface area contributed by atoms with Gasteiger partial charge in [-0.05, 0) is 120 Å². The first-order valence-electron chi connectivity index (χ1n) is 22.9. The molecule has 1 aromatic heterocycles. The first-order valence-corrected chi connectivity index (χ1v) is 20.9. The summed E-state index contributed by atoms with van der Waals surface area (Å²) in [6.07, 6.45) is 0. The van der Waals surface area contributed by atoms with Crippen LogP contribution < -0.4 is 4.90 Å². The molecule has 0 aliphatic heterocycles. The number of benzene rings is 11. The Hall–Kier alpha value is -8.20. The number of para-hydroxylation sites is 2.